The highest BCUT2D eigenvalue weighted by Gasteiger charge is 2.34. The van der Waals surface area contributed by atoms with E-state index in [0.29, 0.717) is 42.7 Å². The number of likely N-dealkylation sites (tertiary alicyclic amines) is 1. The Morgan fingerprint density at radius 3 is 2.71 bits per heavy atom. The van der Waals surface area contributed by atoms with Gasteiger partial charge in [0.25, 0.3) is 0 Å². The van der Waals surface area contributed by atoms with Crippen molar-refractivity contribution >= 4 is 17.6 Å². The van der Waals surface area contributed by atoms with Crippen LogP contribution in [-0.4, -0.2) is 72.0 Å². The molecule has 0 aliphatic carbocycles. The third-order valence-electron chi connectivity index (χ3n) is 5.08. The molecular formula is C22H24N2O7. The van der Waals surface area contributed by atoms with Crippen molar-refractivity contribution in [3.05, 3.63) is 48.0 Å². The van der Waals surface area contributed by atoms with E-state index < -0.39 is 18.2 Å². The summed E-state index contributed by atoms with van der Waals surface area (Å²) < 4.78 is 17.0. The molecule has 0 radical (unpaired) electrons. The fourth-order valence-electron chi connectivity index (χ4n) is 3.60. The van der Waals surface area contributed by atoms with Crippen molar-refractivity contribution in [3.8, 4) is 17.2 Å². The minimum Gasteiger partial charge on any atom is -0.490 e. The zero-order valence-electron chi connectivity index (χ0n) is 16.8. The smallest absolute Gasteiger partial charge is 0.335 e. The van der Waals surface area contributed by atoms with Gasteiger partial charge in [0, 0.05) is 31.3 Å². The second kappa shape index (κ2) is 9.23. The Bertz CT molecular complexity index is 965. The zero-order valence-corrected chi connectivity index (χ0v) is 16.8. The van der Waals surface area contributed by atoms with Crippen LogP contribution in [0.3, 0.4) is 0 Å². The fourth-order valence-corrected chi connectivity index (χ4v) is 3.60. The van der Waals surface area contributed by atoms with E-state index in [4.69, 9.17) is 19.3 Å². The number of aromatic carboxylic acids is 1. The highest BCUT2D eigenvalue weighted by atomic mass is 16.5. The molecule has 0 saturated carbocycles. The number of amides is 1. The topological polar surface area (TPSA) is 118 Å². The number of rotatable bonds is 6. The van der Waals surface area contributed by atoms with Gasteiger partial charge >= 0.3 is 5.97 Å². The average molecular weight is 428 g/mol. The van der Waals surface area contributed by atoms with Gasteiger partial charge in [-0.2, -0.15) is 0 Å². The van der Waals surface area contributed by atoms with E-state index in [1.165, 1.54) is 12.1 Å². The number of nitrogens with zero attached hydrogens (tertiary/aromatic N) is 1. The Labute approximate surface area is 179 Å². The lowest BCUT2D eigenvalue weighted by molar-refractivity contribution is -0.117. The molecule has 2 heterocycles. The number of carbonyl (C=O) groups excluding carboxylic acids is 1. The molecule has 1 fully saturated rings. The van der Waals surface area contributed by atoms with E-state index >= 15 is 0 Å². The van der Waals surface area contributed by atoms with Crippen molar-refractivity contribution < 1.29 is 34.0 Å². The van der Waals surface area contributed by atoms with Crippen molar-refractivity contribution in [2.45, 2.75) is 18.6 Å². The van der Waals surface area contributed by atoms with Gasteiger partial charge in [-0.1, -0.05) is 6.07 Å². The molecule has 9 nitrogen and oxygen atoms in total. The summed E-state index contributed by atoms with van der Waals surface area (Å²) in [6.45, 7) is 1.86. The molecular weight excluding hydrogens is 404 g/mol. The largest absolute Gasteiger partial charge is 0.490 e. The molecule has 2 aromatic rings. The van der Waals surface area contributed by atoms with Gasteiger partial charge in [0.05, 0.1) is 25.3 Å². The number of carbonyl (C=O) groups is 2. The monoisotopic (exact) mass is 428 g/mol. The molecule has 2 atom stereocenters. The third-order valence-corrected chi connectivity index (χ3v) is 5.08. The van der Waals surface area contributed by atoms with Crippen molar-refractivity contribution in [2.75, 3.05) is 38.2 Å². The maximum atomic E-state index is 12.5. The van der Waals surface area contributed by atoms with Crippen molar-refractivity contribution in [1.29, 1.82) is 0 Å². The van der Waals surface area contributed by atoms with Gasteiger partial charge < -0.3 is 29.7 Å². The van der Waals surface area contributed by atoms with Gasteiger partial charge in [-0.05, 0) is 30.3 Å². The highest BCUT2D eigenvalue weighted by Crippen LogP contribution is 2.32. The number of anilines is 1. The molecule has 164 valence electrons. The summed E-state index contributed by atoms with van der Waals surface area (Å²) in [5, 5.41) is 22.2. The molecule has 3 N–H and O–H groups in total. The van der Waals surface area contributed by atoms with E-state index in [1.54, 1.807) is 35.2 Å². The first-order valence-electron chi connectivity index (χ1n) is 10.1. The lowest BCUT2D eigenvalue weighted by Crippen LogP contribution is -2.33. The lowest BCUT2D eigenvalue weighted by Gasteiger charge is -2.17. The second-order valence-electron chi connectivity index (χ2n) is 7.51. The van der Waals surface area contributed by atoms with Gasteiger partial charge in [-0.25, -0.2) is 4.79 Å². The summed E-state index contributed by atoms with van der Waals surface area (Å²) >= 11 is 0. The number of hydrogen-bond donors (Lipinski definition) is 3. The van der Waals surface area contributed by atoms with E-state index in [1.807, 2.05) is 0 Å². The Balaban J connectivity index is 1.32. The van der Waals surface area contributed by atoms with Crippen LogP contribution in [0.5, 0.6) is 17.2 Å². The van der Waals surface area contributed by atoms with Gasteiger partial charge in [0.15, 0.2) is 11.5 Å². The number of ether oxygens (including phenoxy) is 3. The number of hydrogen-bond acceptors (Lipinski definition) is 7. The van der Waals surface area contributed by atoms with E-state index in [2.05, 4.69) is 5.32 Å². The van der Waals surface area contributed by atoms with Crippen molar-refractivity contribution in [1.82, 2.24) is 4.90 Å². The third kappa shape index (κ3) is 5.25. The van der Waals surface area contributed by atoms with Crippen molar-refractivity contribution in [2.24, 2.45) is 0 Å². The summed E-state index contributed by atoms with van der Waals surface area (Å²) in [4.78, 5) is 25.4. The lowest BCUT2D eigenvalue weighted by atomic mass is 10.2. The second-order valence-corrected chi connectivity index (χ2v) is 7.51. The molecule has 4 rings (SSSR count). The first-order chi connectivity index (χ1) is 15.0. The summed E-state index contributed by atoms with van der Waals surface area (Å²) in [5.41, 5.74) is 0.712. The highest BCUT2D eigenvalue weighted by molar-refractivity contribution is 5.92. The number of fused-ring (bicyclic) bond motifs is 1. The van der Waals surface area contributed by atoms with Crippen LogP contribution in [0.15, 0.2) is 42.5 Å². The van der Waals surface area contributed by atoms with Crippen LogP contribution in [0.25, 0.3) is 0 Å². The van der Waals surface area contributed by atoms with Gasteiger partial charge in [-0.15, -0.1) is 0 Å². The zero-order chi connectivity index (χ0) is 21.8. The van der Waals surface area contributed by atoms with Crippen LogP contribution in [-0.2, 0) is 4.79 Å². The molecule has 1 amide bonds. The van der Waals surface area contributed by atoms with E-state index in [0.717, 1.165) is 6.42 Å². The number of carboxylic acid groups (broad SMARTS) is 1. The van der Waals surface area contributed by atoms with Gasteiger partial charge in [0.2, 0.25) is 5.91 Å². The molecule has 2 aliphatic heterocycles. The summed E-state index contributed by atoms with van der Waals surface area (Å²) in [7, 11) is 0. The SMILES string of the molecule is O=C(CN1C[C@@H](O)[C@H](Oc2cccc(C(=O)O)c2)C1)Nc1ccc2c(c1)OCCCO2. The Kier molecular flexibility index (Phi) is 6.24. The Morgan fingerprint density at radius 2 is 1.90 bits per heavy atom. The molecule has 0 unspecified atom stereocenters. The molecule has 0 spiro atoms. The molecule has 2 aliphatic rings. The fraction of sp³-hybridized carbons (Fsp3) is 0.364. The van der Waals surface area contributed by atoms with Crippen LogP contribution in [0.2, 0.25) is 0 Å². The predicted octanol–water partition coefficient (Wildman–Crippen LogP) is 1.61. The first-order valence-corrected chi connectivity index (χ1v) is 10.1. The molecule has 9 heteroatoms. The van der Waals surface area contributed by atoms with Crippen LogP contribution in [0.1, 0.15) is 16.8 Å². The number of aliphatic hydroxyl groups excluding tert-OH is 1. The van der Waals surface area contributed by atoms with Crippen LogP contribution >= 0.6 is 0 Å². The van der Waals surface area contributed by atoms with Crippen LogP contribution < -0.4 is 19.5 Å². The molecule has 0 aromatic heterocycles. The summed E-state index contributed by atoms with van der Waals surface area (Å²) in [5.74, 6) is 0.345. The van der Waals surface area contributed by atoms with Crippen LogP contribution in [0.4, 0.5) is 5.69 Å². The number of benzene rings is 2. The quantitative estimate of drug-likeness (QED) is 0.635. The van der Waals surface area contributed by atoms with Gasteiger partial charge in [0.1, 0.15) is 18.0 Å². The maximum absolute atomic E-state index is 12.5. The standard InChI is InChI=1S/C22H24N2O7/c25-17-11-24(12-20(17)31-16-4-1-3-14(9-16)22(27)28)13-21(26)23-15-5-6-18-19(10-15)30-8-2-7-29-18/h1,3-6,9-10,17,20,25H,2,7-8,11-13H2,(H,23,26)(H,27,28)/t17-,20-/m1/s1. The normalized spacial score (nSPS) is 20.7. The predicted molar refractivity (Wildman–Crippen MR) is 111 cm³/mol. The van der Waals surface area contributed by atoms with Crippen LogP contribution in [0, 0.1) is 0 Å². The van der Waals surface area contributed by atoms with Crippen molar-refractivity contribution in [3.63, 3.8) is 0 Å². The number of aliphatic hydroxyl groups is 1. The van der Waals surface area contributed by atoms with E-state index in [-0.39, 0.29) is 24.6 Å². The van der Waals surface area contributed by atoms with E-state index in [9.17, 15) is 14.7 Å². The van der Waals surface area contributed by atoms with Gasteiger partial charge in [-0.3, -0.25) is 9.69 Å². The first kappa shape index (κ1) is 21.0. The summed E-state index contributed by atoms with van der Waals surface area (Å²) in [6.07, 6.45) is -0.550. The molecule has 0 bridgehead atoms. The number of β-amino-alcohol motifs (C(OH)–C–C–N with tert-alkyl or cyclic N) is 1. The Hall–Kier alpha value is -3.30. The molecule has 1 saturated heterocycles. The molecule has 2 aromatic carbocycles. The maximum Gasteiger partial charge on any atom is 0.335 e. The summed E-state index contributed by atoms with van der Waals surface area (Å²) in [6, 6.07) is 11.4. The molecule has 31 heavy (non-hydrogen) atoms. The number of nitrogens with one attached hydrogen (secondary N) is 1. The average Bonchev–Trinajstić information content (AvgIpc) is 2.93. The minimum atomic E-state index is -1.05. The minimum absolute atomic E-state index is 0.0839. The Morgan fingerprint density at radius 1 is 1.10 bits per heavy atom. The number of carboxylic acids is 1.